The Kier molecular flexibility index (Phi) is 7.14. The third kappa shape index (κ3) is 6.47. The molecule has 9 heteroatoms. The van der Waals surface area contributed by atoms with Gasteiger partial charge in [-0.2, -0.15) is 0 Å². The molecule has 26 heavy (non-hydrogen) atoms. The number of amides is 4. The molecule has 1 aromatic heterocycles. The van der Waals surface area contributed by atoms with Gasteiger partial charge in [0.2, 0.25) is 11.8 Å². The SMILES string of the molecule is Cc1cc(NC(=O)CN(C)CC(=O)NC(=O)N[C@H]2CCCC[C@@H]2C)no1. The monoisotopic (exact) mass is 365 g/mol. The van der Waals surface area contributed by atoms with Crippen molar-refractivity contribution in [2.24, 2.45) is 5.92 Å². The van der Waals surface area contributed by atoms with Crippen molar-refractivity contribution < 1.29 is 18.9 Å². The van der Waals surface area contributed by atoms with Crippen molar-refractivity contribution in [3.63, 3.8) is 0 Å². The highest BCUT2D eigenvalue weighted by molar-refractivity contribution is 5.96. The first kappa shape index (κ1) is 19.9. The number of carbonyl (C=O) groups is 3. The smallest absolute Gasteiger partial charge is 0.321 e. The van der Waals surface area contributed by atoms with Crippen LogP contribution in [0.4, 0.5) is 10.6 Å². The number of aryl methyl sites for hydroxylation is 1. The molecule has 0 aromatic carbocycles. The third-order valence-corrected chi connectivity index (χ3v) is 4.40. The lowest BCUT2D eigenvalue weighted by atomic mass is 9.86. The van der Waals surface area contributed by atoms with Crippen molar-refractivity contribution in [3.8, 4) is 0 Å². The van der Waals surface area contributed by atoms with E-state index < -0.39 is 11.9 Å². The molecule has 1 aromatic rings. The molecule has 0 unspecified atom stereocenters. The van der Waals surface area contributed by atoms with Gasteiger partial charge in [0, 0.05) is 12.1 Å². The fourth-order valence-electron chi connectivity index (χ4n) is 3.06. The molecule has 0 saturated heterocycles. The second kappa shape index (κ2) is 9.33. The fourth-order valence-corrected chi connectivity index (χ4v) is 3.06. The topological polar surface area (TPSA) is 117 Å². The van der Waals surface area contributed by atoms with E-state index in [0.717, 1.165) is 19.3 Å². The van der Waals surface area contributed by atoms with Crippen LogP contribution < -0.4 is 16.0 Å². The Morgan fingerprint density at radius 2 is 1.92 bits per heavy atom. The van der Waals surface area contributed by atoms with Gasteiger partial charge in [0.1, 0.15) is 5.76 Å². The minimum atomic E-state index is -0.482. The average Bonchev–Trinajstić information content (AvgIpc) is 2.93. The molecule has 2 rings (SSSR count). The van der Waals surface area contributed by atoms with E-state index in [2.05, 4.69) is 28.0 Å². The molecule has 1 heterocycles. The predicted molar refractivity (Wildman–Crippen MR) is 95.5 cm³/mol. The lowest BCUT2D eigenvalue weighted by molar-refractivity contribution is -0.122. The van der Waals surface area contributed by atoms with Crippen LogP contribution in [0.15, 0.2) is 10.6 Å². The van der Waals surface area contributed by atoms with Crippen molar-refractivity contribution in [2.75, 3.05) is 25.5 Å². The molecule has 0 bridgehead atoms. The van der Waals surface area contributed by atoms with Gasteiger partial charge in [-0.15, -0.1) is 0 Å². The average molecular weight is 365 g/mol. The van der Waals surface area contributed by atoms with E-state index in [1.807, 2.05) is 0 Å². The Hall–Kier alpha value is -2.42. The van der Waals surface area contributed by atoms with E-state index in [-0.39, 0.29) is 25.0 Å². The Balaban J connectivity index is 1.69. The molecule has 1 aliphatic carbocycles. The number of urea groups is 1. The molecule has 3 N–H and O–H groups in total. The molecule has 144 valence electrons. The van der Waals surface area contributed by atoms with Crippen molar-refractivity contribution in [1.82, 2.24) is 20.7 Å². The molecular formula is C17H27N5O4. The Bertz CT molecular complexity index is 645. The molecular weight excluding hydrogens is 338 g/mol. The molecule has 1 fully saturated rings. The summed E-state index contributed by atoms with van der Waals surface area (Å²) in [6.45, 7) is 3.74. The molecule has 4 amide bonds. The number of anilines is 1. The zero-order valence-electron chi connectivity index (χ0n) is 15.5. The second-order valence-electron chi connectivity index (χ2n) is 6.93. The third-order valence-electron chi connectivity index (χ3n) is 4.40. The van der Waals surface area contributed by atoms with Gasteiger partial charge < -0.3 is 15.2 Å². The van der Waals surface area contributed by atoms with Crippen LogP contribution in [0, 0.1) is 12.8 Å². The number of likely N-dealkylation sites (N-methyl/N-ethyl adjacent to an activating group) is 1. The summed E-state index contributed by atoms with van der Waals surface area (Å²) < 4.78 is 4.86. The normalized spacial score (nSPS) is 19.8. The van der Waals surface area contributed by atoms with Crippen LogP contribution in [0.3, 0.4) is 0 Å². The lowest BCUT2D eigenvalue weighted by Gasteiger charge is -2.29. The molecule has 9 nitrogen and oxygen atoms in total. The standard InChI is InChI=1S/C17H27N5O4/c1-11-6-4-5-7-13(11)18-17(25)20-16(24)10-22(3)9-15(23)19-14-8-12(2)26-21-14/h8,11,13H,4-7,9-10H2,1-3H3,(H,19,21,23)(H2,18,20,24,25)/t11-,13-/m0/s1. The van der Waals surface area contributed by atoms with Crippen LogP contribution in [0.5, 0.6) is 0 Å². The van der Waals surface area contributed by atoms with E-state index in [1.165, 1.54) is 11.3 Å². The number of nitrogens with zero attached hydrogens (tertiary/aromatic N) is 2. The summed E-state index contributed by atoms with van der Waals surface area (Å²) in [5.41, 5.74) is 0. The summed E-state index contributed by atoms with van der Waals surface area (Å²) >= 11 is 0. The number of aromatic nitrogens is 1. The quantitative estimate of drug-likeness (QED) is 0.699. The number of rotatable bonds is 6. The molecule has 1 aliphatic rings. The van der Waals surface area contributed by atoms with Crippen LogP contribution in [0.2, 0.25) is 0 Å². The maximum Gasteiger partial charge on any atom is 0.321 e. The first-order chi connectivity index (χ1) is 12.3. The number of carbonyl (C=O) groups excluding carboxylic acids is 3. The van der Waals surface area contributed by atoms with E-state index in [0.29, 0.717) is 17.5 Å². The maximum absolute atomic E-state index is 12.0. The summed E-state index contributed by atoms with van der Waals surface area (Å²) in [6.07, 6.45) is 4.29. The summed E-state index contributed by atoms with van der Waals surface area (Å²) in [5, 5.41) is 11.4. The highest BCUT2D eigenvalue weighted by Gasteiger charge is 2.23. The molecule has 0 radical (unpaired) electrons. The molecule has 0 aliphatic heterocycles. The summed E-state index contributed by atoms with van der Waals surface area (Å²) in [4.78, 5) is 37.3. The van der Waals surface area contributed by atoms with Gasteiger partial charge in [0.25, 0.3) is 0 Å². The van der Waals surface area contributed by atoms with E-state index >= 15 is 0 Å². The van der Waals surface area contributed by atoms with Gasteiger partial charge >= 0.3 is 6.03 Å². The number of imide groups is 1. The van der Waals surface area contributed by atoms with Gasteiger partial charge in [-0.25, -0.2) is 4.79 Å². The lowest BCUT2D eigenvalue weighted by Crippen LogP contribution is -2.50. The van der Waals surface area contributed by atoms with Crippen LogP contribution in [0.1, 0.15) is 38.4 Å². The maximum atomic E-state index is 12.0. The second-order valence-corrected chi connectivity index (χ2v) is 6.93. The summed E-state index contributed by atoms with van der Waals surface area (Å²) in [7, 11) is 1.62. The summed E-state index contributed by atoms with van der Waals surface area (Å²) in [5.74, 6) is 0.543. The molecule has 0 spiro atoms. The minimum absolute atomic E-state index is 0.0133. The first-order valence-corrected chi connectivity index (χ1v) is 8.85. The molecule has 1 saturated carbocycles. The molecule has 2 atom stereocenters. The van der Waals surface area contributed by atoms with Gasteiger partial charge in [0.15, 0.2) is 5.82 Å². The van der Waals surface area contributed by atoms with Crippen LogP contribution >= 0.6 is 0 Å². The van der Waals surface area contributed by atoms with Crippen molar-refractivity contribution in [3.05, 3.63) is 11.8 Å². The number of nitrogens with one attached hydrogen (secondary N) is 3. The largest absolute Gasteiger partial charge is 0.360 e. The van der Waals surface area contributed by atoms with E-state index in [9.17, 15) is 14.4 Å². The zero-order valence-corrected chi connectivity index (χ0v) is 15.5. The van der Waals surface area contributed by atoms with E-state index in [4.69, 9.17) is 4.52 Å². The van der Waals surface area contributed by atoms with Gasteiger partial charge in [-0.05, 0) is 32.7 Å². The first-order valence-electron chi connectivity index (χ1n) is 8.85. The van der Waals surface area contributed by atoms with Crippen LogP contribution in [-0.4, -0.2) is 54.1 Å². The Morgan fingerprint density at radius 1 is 1.23 bits per heavy atom. The highest BCUT2D eigenvalue weighted by Crippen LogP contribution is 2.23. The van der Waals surface area contributed by atoms with Gasteiger partial charge in [-0.1, -0.05) is 24.9 Å². The fraction of sp³-hybridized carbons (Fsp3) is 0.647. The van der Waals surface area contributed by atoms with Crippen molar-refractivity contribution in [1.29, 1.82) is 0 Å². The highest BCUT2D eigenvalue weighted by atomic mass is 16.5. The van der Waals surface area contributed by atoms with Gasteiger partial charge in [-0.3, -0.25) is 19.8 Å². The van der Waals surface area contributed by atoms with E-state index in [1.54, 1.807) is 20.0 Å². The van der Waals surface area contributed by atoms with Crippen molar-refractivity contribution >= 4 is 23.7 Å². The zero-order chi connectivity index (χ0) is 19.1. The number of hydrogen-bond acceptors (Lipinski definition) is 6. The Labute approximate surface area is 152 Å². The van der Waals surface area contributed by atoms with Gasteiger partial charge in [0.05, 0.1) is 13.1 Å². The minimum Gasteiger partial charge on any atom is -0.360 e. The van der Waals surface area contributed by atoms with Crippen LogP contribution in [-0.2, 0) is 9.59 Å². The predicted octanol–water partition coefficient (Wildman–Crippen LogP) is 1.26. The van der Waals surface area contributed by atoms with Crippen molar-refractivity contribution in [2.45, 2.75) is 45.6 Å². The Morgan fingerprint density at radius 3 is 2.58 bits per heavy atom. The number of hydrogen-bond donors (Lipinski definition) is 3. The van der Waals surface area contributed by atoms with Crippen LogP contribution in [0.25, 0.3) is 0 Å². The summed E-state index contributed by atoms with van der Waals surface area (Å²) in [6, 6.07) is 1.22.